The summed E-state index contributed by atoms with van der Waals surface area (Å²) < 4.78 is 0. The number of benzene rings is 8. The molecule has 0 aliphatic carbocycles. The molecular weight excluding hydrogens is 532 g/mol. The van der Waals surface area contributed by atoms with Gasteiger partial charge in [-0.2, -0.15) is 0 Å². The second kappa shape index (κ2) is 8.82. The molecular formula is C42H26N2. The molecule has 2 nitrogen and oxygen atoms in total. The molecule has 10 aromatic rings. The molecule has 8 aromatic carbocycles. The van der Waals surface area contributed by atoms with Gasteiger partial charge < -0.3 is 9.97 Å². The van der Waals surface area contributed by atoms with Crippen LogP contribution in [0.4, 0.5) is 0 Å². The molecule has 10 rings (SSSR count). The first-order valence-electron chi connectivity index (χ1n) is 15.2. The molecule has 0 radical (unpaired) electrons. The van der Waals surface area contributed by atoms with Crippen LogP contribution in [0, 0.1) is 0 Å². The monoisotopic (exact) mass is 558 g/mol. The number of H-pyrrole nitrogens is 2. The number of para-hydroxylation sites is 2. The van der Waals surface area contributed by atoms with Gasteiger partial charge in [-0.3, -0.25) is 0 Å². The molecule has 0 atom stereocenters. The number of fused-ring (bicyclic) bond motifs is 9. The van der Waals surface area contributed by atoms with E-state index in [-0.39, 0.29) is 0 Å². The zero-order valence-corrected chi connectivity index (χ0v) is 23.9. The molecule has 0 aliphatic rings. The van der Waals surface area contributed by atoms with E-state index in [9.17, 15) is 0 Å². The average molecular weight is 559 g/mol. The van der Waals surface area contributed by atoms with E-state index in [0.29, 0.717) is 0 Å². The van der Waals surface area contributed by atoms with E-state index in [4.69, 9.17) is 0 Å². The van der Waals surface area contributed by atoms with Gasteiger partial charge in [-0.05, 0) is 73.3 Å². The minimum absolute atomic E-state index is 1.16. The Kier molecular flexibility index (Phi) is 4.75. The summed E-state index contributed by atoms with van der Waals surface area (Å²) in [5, 5.41) is 12.6. The maximum atomic E-state index is 3.76. The van der Waals surface area contributed by atoms with E-state index in [1.54, 1.807) is 0 Å². The molecule has 0 fully saturated rings. The van der Waals surface area contributed by atoms with Gasteiger partial charge in [0.1, 0.15) is 0 Å². The molecule has 2 heterocycles. The van der Waals surface area contributed by atoms with Crippen molar-refractivity contribution in [3.63, 3.8) is 0 Å². The highest BCUT2D eigenvalue weighted by molar-refractivity contribution is 6.25. The molecule has 2 N–H and O–H groups in total. The predicted octanol–water partition coefficient (Wildman–Crippen LogP) is 11.7. The topological polar surface area (TPSA) is 31.6 Å². The number of aromatic nitrogens is 2. The number of rotatable bonds is 2. The van der Waals surface area contributed by atoms with Gasteiger partial charge in [-0.1, -0.05) is 121 Å². The largest absolute Gasteiger partial charge is 0.354 e. The second-order valence-electron chi connectivity index (χ2n) is 11.9. The van der Waals surface area contributed by atoms with E-state index in [2.05, 4.69) is 156 Å². The van der Waals surface area contributed by atoms with Crippen LogP contribution in [0.5, 0.6) is 0 Å². The molecule has 0 saturated heterocycles. The van der Waals surface area contributed by atoms with Crippen LogP contribution in [0.3, 0.4) is 0 Å². The maximum Gasteiger partial charge on any atom is 0.0544 e. The molecule has 0 saturated carbocycles. The summed E-state index contributed by atoms with van der Waals surface area (Å²) in [5.41, 5.74) is 9.68. The van der Waals surface area contributed by atoms with E-state index < -0.39 is 0 Å². The normalized spacial score (nSPS) is 12.1. The third-order valence-corrected chi connectivity index (χ3v) is 9.50. The fourth-order valence-corrected chi connectivity index (χ4v) is 7.56. The van der Waals surface area contributed by atoms with Crippen molar-refractivity contribution in [3.8, 4) is 22.3 Å². The highest BCUT2D eigenvalue weighted by atomic mass is 14.7. The van der Waals surface area contributed by atoms with Gasteiger partial charge in [-0.15, -0.1) is 0 Å². The van der Waals surface area contributed by atoms with Crippen LogP contribution in [0.1, 0.15) is 0 Å². The van der Waals surface area contributed by atoms with E-state index in [1.165, 1.54) is 92.7 Å². The molecule has 204 valence electrons. The number of hydrogen-bond donors (Lipinski definition) is 2. The quantitative estimate of drug-likeness (QED) is 0.198. The minimum Gasteiger partial charge on any atom is -0.354 e. The Labute approximate surface area is 253 Å². The van der Waals surface area contributed by atoms with Gasteiger partial charge >= 0.3 is 0 Å². The van der Waals surface area contributed by atoms with Crippen molar-refractivity contribution < 1.29 is 0 Å². The summed E-state index contributed by atoms with van der Waals surface area (Å²) in [6, 6.07) is 53.2. The van der Waals surface area contributed by atoms with Gasteiger partial charge in [0, 0.05) is 43.7 Å². The Morgan fingerprint density at radius 3 is 1.64 bits per heavy atom. The lowest BCUT2D eigenvalue weighted by Gasteiger charge is -2.18. The fourth-order valence-electron chi connectivity index (χ4n) is 7.56. The molecule has 0 bridgehead atoms. The summed E-state index contributed by atoms with van der Waals surface area (Å²) >= 11 is 0. The Morgan fingerprint density at radius 1 is 0.318 bits per heavy atom. The van der Waals surface area contributed by atoms with Crippen molar-refractivity contribution in [1.29, 1.82) is 0 Å². The summed E-state index contributed by atoms with van der Waals surface area (Å²) in [4.78, 5) is 7.50. The Bertz CT molecular complexity index is 2720. The SMILES string of the molecule is c1ccc2cc3c(cc2c1)[nH]c1cc(-c2c4ccccc4c(-c4cccc5c4[nH]c4ccccc45)c4ccccc24)ccc13. The standard InChI is InChI=1S/C42H26N2/c1-2-11-26-23-39-36(22-25(26)10-1)29-21-20-27(24-38(29)43-39)40-30-13-3-5-15-32(30)41(33-16-6-4-14-31(33)40)35-18-9-17-34-28-12-7-8-19-37(28)44-42(34)35/h1-24,43-44H. The zero-order valence-electron chi connectivity index (χ0n) is 23.9. The van der Waals surface area contributed by atoms with Crippen molar-refractivity contribution in [3.05, 3.63) is 146 Å². The first-order chi connectivity index (χ1) is 21.8. The number of nitrogens with one attached hydrogen (secondary N) is 2. The summed E-state index contributed by atoms with van der Waals surface area (Å²) in [6.07, 6.45) is 0. The van der Waals surface area contributed by atoms with Crippen LogP contribution >= 0.6 is 0 Å². The van der Waals surface area contributed by atoms with Crippen molar-refractivity contribution in [2.75, 3.05) is 0 Å². The lowest BCUT2D eigenvalue weighted by atomic mass is 9.85. The molecule has 2 heteroatoms. The number of aromatic amines is 2. The van der Waals surface area contributed by atoms with Crippen molar-refractivity contribution >= 4 is 75.9 Å². The summed E-state index contributed by atoms with van der Waals surface area (Å²) in [6.45, 7) is 0. The van der Waals surface area contributed by atoms with E-state index in [0.717, 1.165) is 5.52 Å². The minimum atomic E-state index is 1.16. The van der Waals surface area contributed by atoms with E-state index >= 15 is 0 Å². The Hall–Kier alpha value is -5.86. The third-order valence-electron chi connectivity index (χ3n) is 9.50. The average Bonchev–Trinajstić information content (AvgIpc) is 3.63. The third kappa shape index (κ3) is 3.25. The predicted molar refractivity (Wildman–Crippen MR) is 189 cm³/mol. The van der Waals surface area contributed by atoms with Gasteiger partial charge in [0.25, 0.3) is 0 Å². The van der Waals surface area contributed by atoms with Gasteiger partial charge in [0.2, 0.25) is 0 Å². The second-order valence-corrected chi connectivity index (χ2v) is 11.9. The van der Waals surface area contributed by atoms with Crippen LogP contribution in [-0.4, -0.2) is 9.97 Å². The lowest BCUT2D eigenvalue weighted by molar-refractivity contribution is 1.54. The molecule has 0 unspecified atom stereocenters. The molecule has 44 heavy (non-hydrogen) atoms. The molecule has 0 amide bonds. The first kappa shape index (κ1) is 23.7. The van der Waals surface area contributed by atoms with Crippen molar-refractivity contribution in [2.45, 2.75) is 0 Å². The van der Waals surface area contributed by atoms with E-state index in [1.807, 2.05) is 0 Å². The van der Waals surface area contributed by atoms with Gasteiger partial charge in [-0.25, -0.2) is 0 Å². The van der Waals surface area contributed by atoms with Gasteiger partial charge in [0.15, 0.2) is 0 Å². The smallest absolute Gasteiger partial charge is 0.0544 e. The zero-order chi connectivity index (χ0) is 28.8. The van der Waals surface area contributed by atoms with Crippen molar-refractivity contribution in [2.24, 2.45) is 0 Å². The van der Waals surface area contributed by atoms with Gasteiger partial charge in [0.05, 0.1) is 5.52 Å². The highest BCUT2D eigenvalue weighted by Gasteiger charge is 2.19. The molecule has 2 aromatic heterocycles. The van der Waals surface area contributed by atoms with Crippen molar-refractivity contribution in [1.82, 2.24) is 9.97 Å². The van der Waals surface area contributed by atoms with Crippen LogP contribution in [0.15, 0.2) is 146 Å². The lowest BCUT2D eigenvalue weighted by Crippen LogP contribution is -1.91. The summed E-state index contributed by atoms with van der Waals surface area (Å²) in [5.74, 6) is 0. The van der Waals surface area contributed by atoms with Crippen LogP contribution < -0.4 is 0 Å². The Balaban J connectivity index is 1.28. The first-order valence-corrected chi connectivity index (χ1v) is 15.2. The maximum absolute atomic E-state index is 3.76. The fraction of sp³-hybridized carbons (Fsp3) is 0. The van der Waals surface area contributed by atoms with Crippen LogP contribution in [0.2, 0.25) is 0 Å². The highest BCUT2D eigenvalue weighted by Crippen LogP contribution is 2.46. The summed E-state index contributed by atoms with van der Waals surface area (Å²) in [7, 11) is 0. The molecule has 0 spiro atoms. The number of hydrogen-bond acceptors (Lipinski definition) is 0. The Morgan fingerprint density at radius 2 is 0.886 bits per heavy atom. The van der Waals surface area contributed by atoms with Crippen LogP contribution in [-0.2, 0) is 0 Å². The molecule has 0 aliphatic heterocycles. The van der Waals surface area contributed by atoms with Crippen LogP contribution in [0.25, 0.3) is 98.2 Å².